The minimum absolute atomic E-state index is 0.0971. The molecule has 3 unspecified atom stereocenters. The predicted molar refractivity (Wildman–Crippen MR) is 102 cm³/mol. The van der Waals surface area contributed by atoms with Gasteiger partial charge in [-0.2, -0.15) is 11.8 Å². The molecule has 1 amide bonds. The van der Waals surface area contributed by atoms with Gasteiger partial charge in [0.05, 0.1) is 12.2 Å². The second-order valence-corrected chi connectivity index (χ2v) is 8.04. The van der Waals surface area contributed by atoms with Crippen molar-refractivity contribution in [2.45, 2.75) is 45.1 Å². The van der Waals surface area contributed by atoms with Crippen molar-refractivity contribution in [2.24, 2.45) is 0 Å². The van der Waals surface area contributed by atoms with E-state index in [9.17, 15) is 4.79 Å². The van der Waals surface area contributed by atoms with Gasteiger partial charge in [0.25, 0.3) is 0 Å². The summed E-state index contributed by atoms with van der Waals surface area (Å²) < 4.78 is 5.77. The molecular formula is C18H28N4O2S. The summed E-state index contributed by atoms with van der Waals surface area (Å²) in [6, 6.07) is 4.37. The van der Waals surface area contributed by atoms with E-state index in [4.69, 9.17) is 4.74 Å². The lowest BCUT2D eigenvalue weighted by atomic mass is 10.2. The van der Waals surface area contributed by atoms with E-state index in [0.717, 1.165) is 42.5 Å². The Morgan fingerprint density at radius 3 is 2.84 bits per heavy atom. The number of anilines is 1. The fourth-order valence-corrected chi connectivity index (χ4v) is 4.27. The van der Waals surface area contributed by atoms with Crippen LogP contribution in [0, 0.1) is 0 Å². The van der Waals surface area contributed by atoms with E-state index < -0.39 is 0 Å². The number of pyridine rings is 1. The van der Waals surface area contributed by atoms with E-state index in [1.807, 2.05) is 30.1 Å². The third-order valence-corrected chi connectivity index (χ3v) is 5.60. The Morgan fingerprint density at radius 2 is 2.20 bits per heavy atom. The van der Waals surface area contributed by atoms with Crippen LogP contribution in [0.1, 0.15) is 25.8 Å². The number of nitrogens with one attached hydrogen (secondary N) is 2. The van der Waals surface area contributed by atoms with E-state index in [0.29, 0.717) is 19.0 Å². The smallest absolute Gasteiger partial charge is 0.221 e. The minimum Gasteiger partial charge on any atom is -0.372 e. The van der Waals surface area contributed by atoms with Gasteiger partial charge in [-0.05, 0) is 25.5 Å². The highest BCUT2D eigenvalue weighted by Crippen LogP contribution is 2.18. The summed E-state index contributed by atoms with van der Waals surface area (Å²) in [5.41, 5.74) is 1.03. The third-order valence-electron chi connectivity index (χ3n) is 4.47. The zero-order valence-electron chi connectivity index (χ0n) is 15.0. The summed E-state index contributed by atoms with van der Waals surface area (Å²) in [7, 11) is 0. The van der Waals surface area contributed by atoms with Crippen LogP contribution in [0.4, 0.5) is 5.82 Å². The van der Waals surface area contributed by atoms with Gasteiger partial charge in [0.15, 0.2) is 0 Å². The molecule has 3 heterocycles. The first kappa shape index (κ1) is 18.5. The van der Waals surface area contributed by atoms with Crippen molar-refractivity contribution >= 4 is 23.5 Å². The summed E-state index contributed by atoms with van der Waals surface area (Å²) >= 11 is 1.91. The summed E-state index contributed by atoms with van der Waals surface area (Å²) in [6.07, 6.45) is 2.84. The first-order valence-electron chi connectivity index (χ1n) is 9.03. The zero-order valence-corrected chi connectivity index (χ0v) is 15.8. The molecule has 0 saturated carbocycles. The van der Waals surface area contributed by atoms with Crippen LogP contribution in [-0.2, 0) is 16.1 Å². The number of morpholine rings is 1. The SMILES string of the molecule is CC1CN(c2ccc(CNC(=O)CC3CSCCN3)cn2)CC(C)O1. The lowest BCUT2D eigenvalue weighted by Gasteiger charge is -2.36. The number of hydrogen-bond donors (Lipinski definition) is 2. The number of carbonyl (C=O) groups excluding carboxylic acids is 1. The van der Waals surface area contributed by atoms with Crippen LogP contribution in [0.15, 0.2) is 18.3 Å². The van der Waals surface area contributed by atoms with E-state index in [1.165, 1.54) is 0 Å². The van der Waals surface area contributed by atoms with Gasteiger partial charge in [-0.25, -0.2) is 4.98 Å². The fourth-order valence-electron chi connectivity index (χ4n) is 3.32. The van der Waals surface area contributed by atoms with Crippen LogP contribution < -0.4 is 15.5 Å². The van der Waals surface area contributed by atoms with Crippen LogP contribution in [-0.4, -0.2) is 60.3 Å². The molecule has 2 saturated heterocycles. The number of amides is 1. The molecule has 2 aliphatic heterocycles. The second kappa shape index (κ2) is 8.87. The van der Waals surface area contributed by atoms with Crippen LogP contribution in [0.2, 0.25) is 0 Å². The molecule has 1 aromatic heterocycles. The van der Waals surface area contributed by atoms with Gasteiger partial charge in [0.2, 0.25) is 5.91 Å². The molecular weight excluding hydrogens is 336 g/mol. The van der Waals surface area contributed by atoms with E-state index in [1.54, 1.807) is 0 Å². The molecule has 0 radical (unpaired) electrons. The molecule has 138 valence electrons. The lowest BCUT2D eigenvalue weighted by molar-refractivity contribution is -0.121. The first-order chi connectivity index (χ1) is 12.1. The average molecular weight is 365 g/mol. The number of ether oxygens (including phenoxy) is 1. The van der Waals surface area contributed by atoms with Crippen molar-refractivity contribution in [1.29, 1.82) is 0 Å². The minimum atomic E-state index is 0.0971. The second-order valence-electron chi connectivity index (χ2n) is 6.89. The monoisotopic (exact) mass is 364 g/mol. The molecule has 0 bridgehead atoms. The molecule has 0 aromatic carbocycles. The van der Waals surface area contributed by atoms with Gasteiger partial charge in [0, 0.05) is 56.3 Å². The standard InChI is InChI=1S/C18H28N4O2S/c1-13-10-22(11-14(2)24-13)17-4-3-15(8-20-17)9-21-18(23)7-16-12-25-6-5-19-16/h3-4,8,13-14,16,19H,5-7,9-12H2,1-2H3,(H,21,23). The lowest BCUT2D eigenvalue weighted by Crippen LogP contribution is -2.45. The highest BCUT2D eigenvalue weighted by Gasteiger charge is 2.23. The Labute approximate surface area is 154 Å². The van der Waals surface area contributed by atoms with Crippen molar-refractivity contribution in [3.05, 3.63) is 23.9 Å². The zero-order chi connectivity index (χ0) is 17.6. The molecule has 2 N–H and O–H groups in total. The highest BCUT2D eigenvalue weighted by atomic mass is 32.2. The molecule has 6 nitrogen and oxygen atoms in total. The maximum atomic E-state index is 12.1. The number of hydrogen-bond acceptors (Lipinski definition) is 6. The van der Waals surface area contributed by atoms with Crippen molar-refractivity contribution in [3.63, 3.8) is 0 Å². The van der Waals surface area contributed by atoms with Crippen molar-refractivity contribution < 1.29 is 9.53 Å². The van der Waals surface area contributed by atoms with Crippen LogP contribution >= 0.6 is 11.8 Å². The molecule has 3 rings (SSSR count). The molecule has 0 spiro atoms. The highest BCUT2D eigenvalue weighted by molar-refractivity contribution is 7.99. The van der Waals surface area contributed by atoms with E-state index in [2.05, 4.69) is 34.4 Å². The van der Waals surface area contributed by atoms with Gasteiger partial charge < -0.3 is 20.3 Å². The Balaban J connectivity index is 1.46. The Hall–Kier alpha value is -1.31. The summed E-state index contributed by atoms with van der Waals surface area (Å²) in [5.74, 6) is 3.22. The van der Waals surface area contributed by atoms with Crippen molar-refractivity contribution in [2.75, 3.05) is 36.0 Å². The fraction of sp³-hybridized carbons (Fsp3) is 0.667. The van der Waals surface area contributed by atoms with Crippen molar-refractivity contribution in [3.8, 4) is 0 Å². The quantitative estimate of drug-likeness (QED) is 0.823. The number of rotatable bonds is 5. The van der Waals surface area contributed by atoms with Crippen LogP contribution in [0.3, 0.4) is 0 Å². The van der Waals surface area contributed by atoms with Gasteiger partial charge in [-0.15, -0.1) is 0 Å². The number of nitrogens with zero attached hydrogens (tertiary/aromatic N) is 2. The molecule has 2 aliphatic rings. The largest absolute Gasteiger partial charge is 0.372 e. The molecule has 1 aromatic rings. The maximum Gasteiger partial charge on any atom is 0.221 e. The first-order valence-corrected chi connectivity index (χ1v) is 10.2. The van der Waals surface area contributed by atoms with Crippen LogP contribution in [0.25, 0.3) is 0 Å². The average Bonchev–Trinajstić information content (AvgIpc) is 2.60. The van der Waals surface area contributed by atoms with Gasteiger partial charge in [-0.1, -0.05) is 6.07 Å². The van der Waals surface area contributed by atoms with Crippen LogP contribution in [0.5, 0.6) is 0 Å². The maximum absolute atomic E-state index is 12.1. The summed E-state index contributed by atoms with van der Waals surface area (Å²) in [6.45, 7) is 7.42. The molecule has 3 atom stereocenters. The van der Waals surface area contributed by atoms with Crippen molar-refractivity contribution in [1.82, 2.24) is 15.6 Å². The molecule has 7 heteroatoms. The normalized spacial score (nSPS) is 27.1. The third kappa shape index (κ3) is 5.59. The molecule has 0 aliphatic carbocycles. The number of aromatic nitrogens is 1. The molecule has 2 fully saturated rings. The number of carbonyl (C=O) groups is 1. The van der Waals surface area contributed by atoms with Gasteiger partial charge in [0.1, 0.15) is 5.82 Å². The van der Waals surface area contributed by atoms with Gasteiger partial charge in [-0.3, -0.25) is 4.79 Å². The van der Waals surface area contributed by atoms with Gasteiger partial charge >= 0.3 is 0 Å². The molecule has 25 heavy (non-hydrogen) atoms. The summed E-state index contributed by atoms with van der Waals surface area (Å²) in [4.78, 5) is 18.9. The van der Waals surface area contributed by atoms with E-state index in [-0.39, 0.29) is 18.1 Å². The Morgan fingerprint density at radius 1 is 1.40 bits per heavy atom. The Bertz CT molecular complexity index is 553. The topological polar surface area (TPSA) is 66.5 Å². The predicted octanol–water partition coefficient (Wildman–Crippen LogP) is 1.41. The number of thioether (sulfide) groups is 1. The Kier molecular flexibility index (Phi) is 6.56. The van der Waals surface area contributed by atoms with E-state index >= 15 is 0 Å². The summed E-state index contributed by atoms with van der Waals surface area (Å²) in [5, 5.41) is 6.39.